The summed E-state index contributed by atoms with van der Waals surface area (Å²) in [6.07, 6.45) is 3.76. The summed E-state index contributed by atoms with van der Waals surface area (Å²) in [6.45, 7) is 0. The SMILES string of the molecule is O=C([O-])c1cccc2c1N[C@@H](c1ccccc1Cl)[C@H]1[C@@H]3CC[C@@H](C3)[C@H]21. The van der Waals surface area contributed by atoms with Gasteiger partial charge in [0.15, 0.2) is 0 Å². The van der Waals surface area contributed by atoms with Crippen LogP contribution in [0.2, 0.25) is 5.02 Å². The van der Waals surface area contributed by atoms with Crippen molar-refractivity contribution in [3.05, 3.63) is 64.2 Å². The Morgan fingerprint density at radius 2 is 1.80 bits per heavy atom. The molecule has 0 spiro atoms. The third-order valence-corrected chi connectivity index (χ3v) is 6.93. The topological polar surface area (TPSA) is 52.2 Å². The molecule has 128 valence electrons. The first kappa shape index (κ1) is 15.3. The van der Waals surface area contributed by atoms with Gasteiger partial charge >= 0.3 is 0 Å². The molecule has 0 saturated heterocycles. The number of halogens is 1. The second-order valence-corrected chi connectivity index (χ2v) is 8.04. The Kier molecular flexibility index (Phi) is 3.36. The van der Waals surface area contributed by atoms with Gasteiger partial charge < -0.3 is 15.2 Å². The van der Waals surface area contributed by atoms with E-state index in [2.05, 4.69) is 17.4 Å². The lowest BCUT2D eigenvalue weighted by Gasteiger charge is -2.44. The number of fused-ring (bicyclic) bond motifs is 7. The number of carboxylic acid groups (broad SMARTS) is 1. The summed E-state index contributed by atoms with van der Waals surface area (Å²) in [7, 11) is 0. The molecule has 2 aromatic rings. The first-order valence-electron chi connectivity index (χ1n) is 9.00. The molecule has 2 bridgehead atoms. The number of aromatic carboxylic acids is 1. The van der Waals surface area contributed by atoms with E-state index >= 15 is 0 Å². The number of anilines is 1. The summed E-state index contributed by atoms with van der Waals surface area (Å²) in [5.74, 6) is 1.10. The molecule has 1 heterocycles. The van der Waals surface area contributed by atoms with Crippen LogP contribution in [0.1, 0.15) is 52.7 Å². The van der Waals surface area contributed by atoms with Crippen LogP contribution in [0.25, 0.3) is 0 Å². The molecule has 3 nitrogen and oxygen atoms in total. The summed E-state index contributed by atoms with van der Waals surface area (Å²) < 4.78 is 0. The zero-order chi connectivity index (χ0) is 17.1. The Morgan fingerprint density at radius 3 is 2.60 bits per heavy atom. The maximum Gasteiger partial charge on any atom is 0.0736 e. The van der Waals surface area contributed by atoms with Crippen LogP contribution in [0.4, 0.5) is 5.69 Å². The van der Waals surface area contributed by atoms with E-state index in [1.54, 1.807) is 6.07 Å². The van der Waals surface area contributed by atoms with Gasteiger partial charge in [-0.15, -0.1) is 0 Å². The second kappa shape index (κ2) is 5.50. The second-order valence-electron chi connectivity index (χ2n) is 7.64. The van der Waals surface area contributed by atoms with Crippen LogP contribution in [-0.2, 0) is 0 Å². The summed E-state index contributed by atoms with van der Waals surface area (Å²) in [5.41, 5.74) is 3.23. The van der Waals surface area contributed by atoms with Gasteiger partial charge in [0.05, 0.1) is 12.0 Å². The minimum absolute atomic E-state index is 0.0574. The van der Waals surface area contributed by atoms with Crippen molar-refractivity contribution in [3.8, 4) is 0 Å². The molecule has 0 radical (unpaired) electrons. The van der Waals surface area contributed by atoms with Crippen LogP contribution < -0.4 is 10.4 Å². The fourth-order valence-electron chi connectivity index (χ4n) is 5.72. The molecule has 25 heavy (non-hydrogen) atoms. The monoisotopic (exact) mass is 352 g/mol. The predicted molar refractivity (Wildman–Crippen MR) is 95.7 cm³/mol. The molecule has 0 amide bonds. The number of carbonyl (C=O) groups is 1. The van der Waals surface area contributed by atoms with Gasteiger partial charge in [-0.1, -0.05) is 48.0 Å². The van der Waals surface area contributed by atoms with E-state index in [1.165, 1.54) is 19.3 Å². The molecule has 5 rings (SSSR count). The lowest BCUT2D eigenvalue weighted by atomic mass is 9.67. The van der Waals surface area contributed by atoms with E-state index < -0.39 is 5.97 Å². The lowest BCUT2D eigenvalue weighted by Crippen LogP contribution is -2.37. The highest BCUT2D eigenvalue weighted by molar-refractivity contribution is 6.31. The Morgan fingerprint density at radius 1 is 1.04 bits per heavy atom. The van der Waals surface area contributed by atoms with Gasteiger partial charge in [-0.05, 0) is 60.1 Å². The standard InChI is InChI=1S/C21H20ClNO2/c22-16-7-2-1-4-13(16)20-18-12-9-8-11(10-12)17(18)14-5-3-6-15(21(24)25)19(14)23-20/h1-7,11-12,17-18,20,23H,8-10H2,(H,24,25)/p-1/t11-,12+,17+,18-,20-/m0/s1. The molecule has 1 aliphatic heterocycles. The molecular weight excluding hydrogens is 334 g/mol. The highest BCUT2D eigenvalue weighted by atomic mass is 35.5. The average Bonchev–Trinajstić information content (AvgIpc) is 3.23. The van der Waals surface area contributed by atoms with Crippen molar-refractivity contribution in [1.82, 2.24) is 0 Å². The molecule has 0 aromatic heterocycles. The Hall–Kier alpha value is -2.00. The number of benzene rings is 2. The van der Waals surface area contributed by atoms with E-state index in [0.717, 1.165) is 21.8 Å². The summed E-state index contributed by atoms with van der Waals surface area (Å²) in [4.78, 5) is 11.7. The quantitative estimate of drug-likeness (QED) is 0.888. The van der Waals surface area contributed by atoms with Crippen molar-refractivity contribution in [3.63, 3.8) is 0 Å². The molecular formula is C21H19ClNO2-. The zero-order valence-corrected chi connectivity index (χ0v) is 14.5. The van der Waals surface area contributed by atoms with Crippen LogP contribution in [0.3, 0.4) is 0 Å². The van der Waals surface area contributed by atoms with Crippen LogP contribution in [0.5, 0.6) is 0 Å². The number of rotatable bonds is 2. The molecule has 1 N–H and O–H groups in total. The third kappa shape index (κ3) is 2.15. The van der Waals surface area contributed by atoms with Crippen LogP contribution in [0, 0.1) is 17.8 Å². The first-order chi connectivity index (χ1) is 12.1. The van der Waals surface area contributed by atoms with Crippen molar-refractivity contribution < 1.29 is 9.90 Å². The molecule has 0 unspecified atom stereocenters. The Bertz CT molecular complexity index is 865. The van der Waals surface area contributed by atoms with Gasteiger partial charge in [0.25, 0.3) is 0 Å². The molecule has 3 aliphatic rings. The van der Waals surface area contributed by atoms with Crippen LogP contribution in [-0.4, -0.2) is 5.97 Å². The molecule has 2 aliphatic carbocycles. The molecule has 2 aromatic carbocycles. The lowest BCUT2D eigenvalue weighted by molar-refractivity contribution is -0.254. The van der Waals surface area contributed by atoms with Crippen molar-refractivity contribution in [1.29, 1.82) is 0 Å². The maximum absolute atomic E-state index is 11.7. The van der Waals surface area contributed by atoms with Crippen molar-refractivity contribution in [2.24, 2.45) is 17.8 Å². The number of nitrogens with one attached hydrogen (secondary N) is 1. The largest absolute Gasteiger partial charge is 0.545 e. The number of para-hydroxylation sites is 1. The van der Waals surface area contributed by atoms with E-state index in [0.29, 0.717) is 23.7 Å². The number of carbonyl (C=O) groups excluding carboxylic acids is 1. The van der Waals surface area contributed by atoms with Crippen molar-refractivity contribution in [2.45, 2.75) is 31.2 Å². The van der Waals surface area contributed by atoms with E-state index in [9.17, 15) is 9.90 Å². The van der Waals surface area contributed by atoms with Gasteiger partial charge in [-0.3, -0.25) is 0 Å². The summed E-state index contributed by atoms with van der Waals surface area (Å²) in [6, 6.07) is 13.6. The molecule has 4 heteroatoms. The van der Waals surface area contributed by atoms with Crippen molar-refractivity contribution in [2.75, 3.05) is 5.32 Å². The third-order valence-electron chi connectivity index (χ3n) is 6.58. The highest BCUT2D eigenvalue weighted by Gasteiger charge is 2.54. The Balaban J connectivity index is 1.70. The maximum atomic E-state index is 11.7. The van der Waals surface area contributed by atoms with Crippen LogP contribution >= 0.6 is 11.6 Å². The summed E-state index contributed by atoms with van der Waals surface area (Å²) >= 11 is 6.51. The smallest absolute Gasteiger partial charge is 0.0736 e. The fourth-order valence-corrected chi connectivity index (χ4v) is 5.97. The molecule has 2 fully saturated rings. The van der Waals surface area contributed by atoms with Gasteiger partial charge in [0.2, 0.25) is 0 Å². The van der Waals surface area contributed by atoms with Crippen molar-refractivity contribution >= 4 is 23.3 Å². The summed E-state index contributed by atoms with van der Waals surface area (Å²) in [5, 5.41) is 16.0. The number of carboxylic acids is 1. The zero-order valence-electron chi connectivity index (χ0n) is 13.7. The Labute approximate surface area is 152 Å². The van der Waals surface area contributed by atoms with Gasteiger partial charge in [0, 0.05) is 16.3 Å². The van der Waals surface area contributed by atoms with Gasteiger partial charge in [-0.2, -0.15) is 0 Å². The first-order valence-corrected chi connectivity index (χ1v) is 9.38. The van der Waals surface area contributed by atoms with Gasteiger partial charge in [0.1, 0.15) is 0 Å². The fraction of sp³-hybridized carbons (Fsp3) is 0.381. The minimum atomic E-state index is -1.12. The van der Waals surface area contributed by atoms with E-state index in [-0.39, 0.29) is 11.6 Å². The predicted octanol–water partition coefficient (Wildman–Crippen LogP) is 4.00. The number of hydrogen-bond donors (Lipinski definition) is 1. The highest BCUT2D eigenvalue weighted by Crippen LogP contribution is 2.64. The van der Waals surface area contributed by atoms with E-state index in [1.807, 2.05) is 24.3 Å². The van der Waals surface area contributed by atoms with E-state index in [4.69, 9.17) is 11.6 Å². The molecule has 2 saturated carbocycles. The average molecular weight is 353 g/mol. The molecule has 5 atom stereocenters. The van der Waals surface area contributed by atoms with Gasteiger partial charge in [-0.25, -0.2) is 0 Å². The normalized spacial score (nSPS) is 32.0. The number of hydrogen-bond acceptors (Lipinski definition) is 3. The minimum Gasteiger partial charge on any atom is -0.545 e. The van der Waals surface area contributed by atoms with Crippen LogP contribution in [0.15, 0.2) is 42.5 Å².